The number of carbonyl (C=O) groups excluding carboxylic acids is 1. The quantitative estimate of drug-likeness (QED) is 0.496. The SMILES string of the molecule is CCOCCOC(C)C(=O)NCc1cccc(S(=O)(=O)NCc2cccc(F)c2)c1. The molecule has 0 aliphatic heterocycles. The minimum absolute atomic E-state index is 0.0301. The normalized spacial score (nSPS) is 12.5. The third-order valence-electron chi connectivity index (χ3n) is 4.20. The van der Waals surface area contributed by atoms with Gasteiger partial charge in [-0.3, -0.25) is 4.79 Å². The lowest BCUT2D eigenvalue weighted by molar-refractivity contribution is -0.132. The largest absolute Gasteiger partial charge is 0.379 e. The van der Waals surface area contributed by atoms with Crippen molar-refractivity contribution >= 4 is 15.9 Å². The molecule has 0 bridgehead atoms. The summed E-state index contributed by atoms with van der Waals surface area (Å²) in [7, 11) is -3.79. The second-order valence-electron chi connectivity index (χ2n) is 6.53. The standard InChI is InChI=1S/C21H27FN2O5S/c1-3-28-10-11-29-16(2)21(25)23-14-18-7-5-9-20(13-18)30(26,27)24-15-17-6-4-8-19(22)12-17/h4-9,12-13,16,24H,3,10-11,14-15H2,1-2H3,(H,23,25). The van der Waals surface area contributed by atoms with Crippen molar-refractivity contribution in [3.8, 4) is 0 Å². The number of hydrogen-bond donors (Lipinski definition) is 2. The Kier molecular flexibility index (Phi) is 9.38. The van der Waals surface area contributed by atoms with E-state index in [0.29, 0.717) is 30.9 Å². The van der Waals surface area contributed by atoms with Gasteiger partial charge in [-0.1, -0.05) is 24.3 Å². The molecule has 1 amide bonds. The zero-order chi connectivity index (χ0) is 22.0. The van der Waals surface area contributed by atoms with Crippen LogP contribution < -0.4 is 10.0 Å². The van der Waals surface area contributed by atoms with Crippen LogP contribution in [-0.2, 0) is 37.4 Å². The van der Waals surface area contributed by atoms with Crippen molar-refractivity contribution in [1.29, 1.82) is 0 Å². The summed E-state index contributed by atoms with van der Waals surface area (Å²) in [6.07, 6.45) is -0.648. The fourth-order valence-corrected chi connectivity index (χ4v) is 3.66. The van der Waals surface area contributed by atoms with Gasteiger partial charge in [-0.15, -0.1) is 0 Å². The average molecular weight is 439 g/mol. The van der Waals surface area contributed by atoms with Crippen molar-refractivity contribution in [2.24, 2.45) is 0 Å². The van der Waals surface area contributed by atoms with Gasteiger partial charge in [0.1, 0.15) is 11.9 Å². The summed E-state index contributed by atoms with van der Waals surface area (Å²) < 4.78 is 51.3. The molecule has 0 aromatic heterocycles. The molecular formula is C21H27FN2O5S. The van der Waals surface area contributed by atoms with E-state index < -0.39 is 21.9 Å². The lowest BCUT2D eigenvalue weighted by Crippen LogP contribution is -2.34. The maximum atomic E-state index is 13.2. The second kappa shape index (κ2) is 11.8. The Morgan fingerprint density at radius 1 is 1.07 bits per heavy atom. The Morgan fingerprint density at radius 3 is 2.47 bits per heavy atom. The van der Waals surface area contributed by atoms with E-state index in [1.165, 1.54) is 30.3 Å². The van der Waals surface area contributed by atoms with Crippen LogP contribution in [0.1, 0.15) is 25.0 Å². The molecule has 2 aromatic rings. The van der Waals surface area contributed by atoms with E-state index in [0.717, 1.165) is 0 Å². The molecular weight excluding hydrogens is 411 g/mol. The summed E-state index contributed by atoms with van der Waals surface area (Å²) in [4.78, 5) is 12.2. The van der Waals surface area contributed by atoms with Gasteiger partial charge >= 0.3 is 0 Å². The highest BCUT2D eigenvalue weighted by Crippen LogP contribution is 2.13. The predicted molar refractivity (Wildman–Crippen MR) is 111 cm³/mol. The minimum atomic E-state index is -3.79. The van der Waals surface area contributed by atoms with Crippen LogP contribution in [0.2, 0.25) is 0 Å². The molecule has 0 aliphatic rings. The summed E-state index contributed by atoms with van der Waals surface area (Å²) in [5.41, 5.74) is 1.14. The van der Waals surface area contributed by atoms with Gasteiger partial charge in [-0.2, -0.15) is 0 Å². The summed E-state index contributed by atoms with van der Waals surface area (Å²) in [6.45, 7) is 4.95. The number of hydrogen-bond acceptors (Lipinski definition) is 5. The highest BCUT2D eigenvalue weighted by molar-refractivity contribution is 7.89. The highest BCUT2D eigenvalue weighted by atomic mass is 32.2. The molecule has 2 aromatic carbocycles. The number of rotatable bonds is 12. The van der Waals surface area contributed by atoms with Crippen molar-refractivity contribution in [3.05, 3.63) is 65.5 Å². The molecule has 2 rings (SSSR count). The molecule has 0 fully saturated rings. The molecule has 7 nitrogen and oxygen atoms in total. The molecule has 0 saturated carbocycles. The van der Waals surface area contributed by atoms with Gasteiger partial charge in [0.2, 0.25) is 15.9 Å². The lowest BCUT2D eigenvalue weighted by Gasteiger charge is -2.14. The molecule has 1 unspecified atom stereocenters. The molecule has 0 saturated heterocycles. The van der Waals surface area contributed by atoms with E-state index >= 15 is 0 Å². The maximum absolute atomic E-state index is 13.2. The lowest BCUT2D eigenvalue weighted by atomic mass is 10.2. The first-order chi connectivity index (χ1) is 14.3. The van der Waals surface area contributed by atoms with Gasteiger partial charge < -0.3 is 14.8 Å². The number of halogens is 1. The summed E-state index contributed by atoms with van der Waals surface area (Å²) in [5.74, 6) is -0.732. The number of ether oxygens (including phenoxy) is 2. The Bertz CT molecular complexity index is 936. The predicted octanol–water partition coefficient (Wildman–Crippen LogP) is 2.36. The number of carbonyl (C=O) groups is 1. The smallest absolute Gasteiger partial charge is 0.249 e. The monoisotopic (exact) mass is 438 g/mol. The first-order valence-electron chi connectivity index (χ1n) is 9.62. The van der Waals surface area contributed by atoms with E-state index in [-0.39, 0.29) is 23.9 Å². The first kappa shape index (κ1) is 23.9. The Hall–Kier alpha value is -2.33. The van der Waals surface area contributed by atoms with E-state index in [1.807, 2.05) is 6.92 Å². The van der Waals surface area contributed by atoms with Gasteiger partial charge in [0, 0.05) is 19.7 Å². The average Bonchev–Trinajstić information content (AvgIpc) is 2.74. The molecule has 0 radical (unpaired) electrons. The Balaban J connectivity index is 1.90. The van der Waals surface area contributed by atoms with Gasteiger partial charge in [0.25, 0.3) is 0 Å². The van der Waals surface area contributed by atoms with Gasteiger partial charge in [-0.05, 0) is 49.2 Å². The van der Waals surface area contributed by atoms with Gasteiger partial charge in [0.15, 0.2) is 0 Å². The topological polar surface area (TPSA) is 93.7 Å². The van der Waals surface area contributed by atoms with Crippen LogP contribution in [0.25, 0.3) is 0 Å². The Morgan fingerprint density at radius 2 is 1.77 bits per heavy atom. The van der Waals surface area contributed by atoms with Crippen molar-refractivity contribution in [3.63, 3.8) is 0 Å². The fraction of sp³-hybridized carbons (Fsp3) is 0.381. The summed E-state index contributed by atoms with van der Waals surface area (Å²) >= 11 is 0. The second-order valence-corrected chi connectivity index (χ2v) is 8.30. The van der Waals surface area contributed by atoms with Crippen LogP contribution in [0, 0.1) is 5.82 Å². The molecule has 9 heteroatoms. The zero-order valence-corrected chi connectivity index (χ0v) is 17.9. The molecule has 164 valence electrons. The van der Waals surface area contributed by atoms with Gasteiger partial charge in [-0.25, -0.2) is 17.5 Å². The van der Waals surface area contributed by atoms with Crippen LogP contribution in [0.3, 0.4) is 0 Å². The molecule has 1 atom stereocenters. The van der Waals surface area contributed by atoms with Crippen LogP contribution in [-0.4, -0.2) is 40.2 Å². The molecule has 30 heavy (non-hydrogen) atoms. The van der Waals surface area contributed by atoms with Crippen molar-refractivity contribution in [2.75, 3.05) is 19.8 Å². The summed E-state index contributed by atoms with van der Waals surface area (Å²) in [5, 5.41) is 2.72. The number of nitrogens with one attached hydrogen (secondary N) is 2. The van der Waals surface area contributed by atoms with Crippen molar-refractivity contribution < 1.29 is 27.1 Å². The first-order valence-corrected chi connectivity index (χ1v) is 11.1. The minimum Gasteiger partial charge on any atom is -0.379 e. The molecule has 0 aliphatic carbocycles. The molecule has 0 spiro atoms. The van der Waals surface area contributed by atoms with E-state index in [1.54, 1.807) is 25.1 Å². The number of sulfonamides is 1. The molecule has 2 N–H and O–H groups in total. The molecule has 0 heterocycles. The van der Waals surface area contributed by atoms with Gasteiger partial charge in [0.05, 0.1) is 18.1 Å². The van der Waals surface area contributed by atoms with Crippen molar-refractivity contribution in [2.45, 2.75) is 37.9 Å². The third-order valence-corrected chi connectivity index (χ3v) is 5.60. The van der Waals surface area contributed by atoms with Crippen LogP contribution in [0.15, 0.2) is 53.4 Å². The Labute approximate surface area is 176 Å². The van der Waals surface area contributed by atoms with Crippen molar-refractivity contribution in [1.82, 2.24) is 10.0 Å². The van der Waals surface area contributed by atoms with Crippen LogP contribution in [0.5, 0.6) is 0 Å². The summed E-state index contributed by atoms with van der Waals surface area (Å²) in [6, 6.07) is 12.0. The zero-order valence-electron chi connectivity index (χ0n) is 17.1. The van der Waals surface area contributed by atoms with Crippen LogP contribution in [0.4, 0.5) is 4.39 Å². The number of benzene rings is 2. The third kappa shape index (κ3) is 7.83. The van der Waals surface area contributed by atoms with Crippen LogP contribution >= 0.6 is 0 Å². The fourth-order valence-electron chi connectivity index (χ4n) is 2.57. The maximum Gasteiger partial charge on any atom is 0.249 e. The number of amides is 1. The van der Waals surface area contributed by atoms with E-state index in [9.17, 15) is 17.6 Å². The highest BCUT2D eigenvalue weighted by Gasteiger charge is 2.16. The van der Waals surface area contributed by atoms with E-state index in [4.69, 9.17) is 9.47 Å². The van der Waals surface area contributed by atoms with E-state index in [2.05, 4.69) is 10.0 Å².